The van der Waals surface area contributed by atoms with Gasteiger partial charge in [-0.1, -0.05) is 28.1 Å². The van der Waals surface area contributed by atoms with Gasteiger partial charge in [-0.25, -0.2) is 17.5 Å². The zero-order valence-corrected chi connectivity index (χ0v) is 11.9. The van der Waals surface area contributed by atoms with Crippen molar-refractivity contribution in [2.75, 3.05) is 6.26 Å². The van der Waals surface area contributed by atoms with Crippen LogP contribution in [0.4, 0.5) is 4.39 Å². The first kappa shape index (κ1) is 13.2. The van der Waals surface area contributed by atoms with Gasteiger partial charge < -0.3 is 0 Å². The Kier molecular flexibility index (Phi) is 3.54. The maximum atomic E-state index is 13.8. The van der Waals surface area contributed by atoms with E-state index in [0.29, 0.717) is 10.9 Å². The number of hydrogen-bond donors (Lipinski definition) is 0. The van der Waals surface area contributed by atoms with Gasteiger partial charge >= 0.3 is 0 Å². The lowest BCUT2D eigenvalue weighted by Gasteiger charge is -2.07. The Balaban J connectivity index is 2.60. The predicted octanol–water partition coefficient (Wildman–Crippen LogP) is 2.31. The van der Waals surface area contributed by atoms with Crippen molar-refractivity contribution in [3.63, 3.8) is 0 Å². The topological polar surface area (TPSA) is 52.0 Å². The van der Waals surface area contributed by atoms with E-state index < -0.39 is 15.7 Å². The van der Waals surface area contributed by atoms with Crippen LogP contribution in [0.15, 0.2) is 35.5 Å². The number of sulfone groups is 1. The molecule has 1 heterocycles. The minimum Gasteiger partial charge on any atom is -0.236 e. The summed E-state index contributed by atoms with van der Waals surface area (Å²) in [5.74, 6) is -0.449. The van der Waals surface area contributed by atoms with Gasteiger partial charge in [0.15, 0.2) is 9.84 Å². The summed E-state index contributed by atoms with van der Waals surface area (Å²) < 4.78 is 37.8. The molecule has 4 nitrogen and oxygen atoms in total. The third kappa shape index (κ3) is 2.46. The summed E-state index contributed by atoms with van der Waals surface area (Å²) in [7, 11) is -3.34. The van der Waals surface area contributed by atoms with E-state index in [0.717, 1.165) is 6.26 Å². The van der Waals surface area contributed by atoms with Crippen molar-refractivity contribution in [2.24, 2.45) is 0 Å². The molecule has 0 N–H and O–H groups in total. The van der Waals surface area contributed by atoms with Crippen molar-refractivity contribution in [1.29, 1.82) is 0 Å². The minimum atomic E-state index is -3.34. The molecular weight excluding hydrogens is 323 g/mol. The van der Waals surface area contributed by atoms with E-state index in [9.17, 15) is 12.8 Å². The van der Waals surface area contributed by atoms with Crippen molar-refractivity contribution in [3.05, 3.63) is 42.0 Å². The number of hydrogen-bond acceptors (Lipinski definition) is 3. The SMILES string of the molecule is CS(=O)(=O)c1cnn(-c2c(F)cccc2CBr)c1. The number of halogens is 2. The van der Waals surface area contributed by atoms with E-state index in [2.05, 4.69) is 21.0 Å². The number of nitrogens with zero attached hydrogens (tertiary/aromatic N) is 2. The number of alkyl halides is 1. The van der Waals surface area contributed by atoms with Gasteiger partial charge in [0, 0.05) is 17.8 Å². The second-order valence-electron chi connectivity index (χ2n) is 3.77. The molecule has 0 aliphatic carbocycles. The molecule has 0 fully saturated rings. The van der Waals surface area contributed by atoms with Gasteiger partial charge in [-0.15, -0.1) is 0 Å². The molecule has 1 aromatic carbocycles. The minimum absolute atomic E-state index is 0.0614. The summed E-state index contributed by atoms with van der Waals surface area (Å²) in [6.45, 7) is 0. The smallest absolute Gasteiger partial charge is 0.178 e. The van der Waals surface area contributed by atoms with Crippen LogP contribution in [0.5, 0.6) is 0 Å². The number of para-hydroxylation sites is 1. The van der Waals surface area contributed by atoms with E-state index in [1.807, 2.05) is 0 Å². The van der Waals surface area contributed by atoms with Crippen LogP contribution < -0.4 is 0 Å². The molecule has 0 saturated carbocycles. The molecule has 0 amide bonds. The summed E-state index contributed by atoms with van der Waals surface area (Å²) >= 11 is 3.26. The molecule has 0 saturated heterocycles. The number of rotatable bonds is 3. The number of benzene rings is 1. The molecule has 2 rings (SSSR count). The van der Waals surface area contributed by atoms with E-state index in [-0.39, 0.29) is 10.6 Å². The van der Waals surface area contributed by atoms with E-state index in [1.165, 1.54) is 23.1 Å². The molecule has 18 heavy (non-hydrogen) atoms. The van der Waals surface area contributed by atoms with E-state index in [4.69, 9.17) is 0 Å². The standard InChI is InChI=1S/C11H10BrFN2O2S/c1-18(16,17)9-6-14-15(7-9)11-8(5-12)3-2-4-10(11)13/h2-4,6-7H,5H2,1H3. The summed E-state index contributed by atoms with van der Waals surface area (Å²) in [4.78, 5) is 0.0614. The average molecular weight is 333 g/mol. The summed E-state index contributed by atoms with van der Waals surface area (Å²) in [5, 5.41) is 4.35. The molecule has 0 aliphatic heterocycles. The van der Waals surface area contributed by atoms with Crippen LogP contribution in [0.25, 0.3) is 5.69 Å². The normalized spacial score (nSPS) is 11.7. The molecule has 0 radical (unpaired) electrons. The van der Waals surface area contributed by atoms with E-state index in [1.54, 1.807) is 12.1 Å². The highest BCUT2D eigenvalue weighted by molar-refractivity contribution is 9.08. The maximum absolute atomic E-state index is 13.8. The second kappa shape index (κ2) is 4.81. The molecule has 0 atom stereocenters. The highest BCUT2D eigenvalue weighted by Gasteiger charge is 2.15. The van der Waals surface area contributed by atoms with Crippen LogP contribution in [-0.2, 0) is 15.2 Å². The third-order valence-electron chi connectivity index (χ3n) is 2.43. The fraction of sp³-hybridized carbons (Fsp3) is 0.182. The molecule has 1 aromatic heterocycles. The lowest BCUT2D eigenvalue weighted by molar-refractivity contribution is 0.600. The highest BCUT2D eigenvalue weighted by atomic mass is 79.9. The Morgan fingerprint density at radius 3 is 2.72 bits per heavy atom. The van der Waals surface area contributed by atoms with Crippen LogP contribution in [0, 0.1) is 5.82 Å². The zero-order chi connectivity index (χ0) is 13.3. The average Bonchev–Trinajstić information content (AvgIpc) is 2.77. The van der Waals surface area contributed by atoms with Gasteiger partial charge in [0.25, 0.3) is 0 Å². The van der Waals surface area contributed by atoms with Crippen molar-refractivity contribution in [1.82, 2.24) is 9.78 Å². The summed E-state index contributed by atoms with van der Waals surface area (Å²) in [5.41, 5.74) is 0.947. The molecule has 0 aliphatic rings. The molecular formula is C11H10BrFN2O2S. The van der Waals surface area contributed by atoms with Crippen LogP contribution in [-0.4, -0.2) is 24.5 Å². The Labute approximate surface area is 112 Å². The monoisotopic (exact) mass is 332 g/mol. The Hall–Kier alpha value is -1.21. The lowest BCUT2D eigenvalue weighted by Crippen LogP contribution is -2.02. The predicted molar refractivity (Wildman–Crippen MR) is 69.3 cm³/mol. The molecule has 0 spiro atoms. The summed E-state index contributed by atoms with van der Waals surface area (Å²) in [6, 6.07) is 4.65. The Bertz CT molecular complexity index is 682. The van der Waals surface area contributed by atoms with Gasteiger partial charge in [-0.2, -0.15) is 5.10 Å². The first-order valence-electron chi connectivity index (χ1n) is 5.02. The molecule has 96 valence electrons. The van der Waals surface area contributed by atoms with Gasteiger partial charge in [-0.3, -0.25) is 0 Å². The van der Waals surface area contributed by atoms with Gasteiger partial charge in [0.2, 0.25) is 0 Å². The lowest BCUT2D eigenvalue weighted by atomic mass is 10.2. The Morgan fingerprint density at radius 2 is 2.17 bits per heavy atom. The first-order valence-corrected chi connectivity index (χ1v) is 8.03. The maximum Gasteiger partial charge on any atom is 0.178 e. The fourth-order valence-corrected chi connectivity index (χ4v) is 2.53. The third-order valence-corrected chi connectivity index (χ3v) is 4.10. The van der Waals surface area contributed by atoms with Crippen LogP contribution in [0.3, 0.4) is 0 Å². The van der Waals surface area contributed by atoms with Crippen molar-refractivity contribution in [3.8, 4) is 5.69 Å². The van der Waals surface area contributed by atoms with Crippen molar-refractivity contribution in [2.45, 2.75) is 10.2 Å². The van der Waals surface area contributed by atoms with Gasteiger partial charge in [0.05, 0.1) is 6.20 Å². The van der Waals surface area contributed by atoms with Crippen LogP contribution >= 0.6 is 15.9 Å². The molecule has 7 heteroatoms. The van der Waals surface area contributed by atoms with Crippen molar-refractivity contribution < 1.29 is 12.8 Å². The van der Waals surface area contributed by atoms with Gasteiger partial charge in [-0.05, 0) is 11.6 Å². The van der Waals surface area contributed by atoms with E-state index >= 15 is 0 Å². The van der Waals surface area contributed by atoms with Gasteiger partial charge in [0.1, 0.15) is 16.4 Å². The highest BCUT2D eigenvalue weighted by Crippen LogP contribution is 2.21. The van der Waals surface area contributed by atoms with Crippen LogP contribution in [0.2, 0.25) is 0 Å². The molecule has 0 bridgehead atoms. The quantitative estimate of drug-likeness (QED) is 0.810. The molecule has 0 unspecified atom stereocenters. The second-order valence-corrected chi connectivity index (χ2v) is 6.35. The van der Waals surface area contributed by atoms with Crippen LogP contribution in [0.1, 0.15) is 5.56 Å². The number of aromatic nitrogens is 2. The Morgan fingerprint density at radius 1 is 1.44 bits per heavy atom. The fourth-order valence-electron chi connectivity index (χ4n) is 1.54. The first-order chi connectivity index (χ1) is 8.43. The largest absolute Gasteiger partial charge is 0.236 e. The zero-order valence-electron chi connectivity index (χ0n) is 9.47. The van der Waals surface area contributed by atoms with Crippen molar-refractivity contribution >= 4 is 25.8 Å². The molecule has 2 aromatic rings. The summed E-state index contributed by atoms with van der Waals surface area (Å²) in [6.07, 6.45) is 3.60.